The van der Waals surface area contributed by atoms with Crippen LogP contribution in [0.15, 0.2) is 18.2 Å². The van der Waals surface area contributed by atoms with Crippen molar-refractivity contribution in [2.75, 3.05) is 18.5 Å². The Hall–Kier alpha value is -1.86. The zero-order chi connectivity index (χ0) is 19.1. The predicted molar refractivity (Wildman–Crippen MR) is 104 cm³/mol. The average molecular weight is 396 g/mol. The summed E-state index contributed by atoms with van der Waals surface area (Å²) in [6, 6.07) is 4.92. The molecule has 1 aliphatic rings. The highest BCUT2D eigenvalue weighted by molar-refractivity contribution is 7.22. The van der Waals surface area contributed by atoms with E-state index in [1.165, 1.54) is 21.1 Å². The van der Waals surface area contributed by atoms with E-state index >= 15 is 0 Å². The monoisotopic (exact) mass is 395 g/mol. The van der Waals surface area contributed by atoms with Crippen LogP contribution in [0.5, 0.6) is 0 Å². The number of nitrogens with zero attached hydrogens (tertiary/aromatic N) is 3. The first-order chi connectivity index (χ1) is 12.2. The SMILES string of the molecule is CN(C(=O)[C@@H]1CCCN1C(=O)OC(C)(C)C)c1nc2ccc(Cl)cc2s1. The van der Waals surface area contributed by atoms with Crippen LogP contribution < -0.4 is 4.90 Å². The van der Waals surface area contributed by atoms with Gasteiger partial charge in [0.1, 0.15) is 11.6 Å². The van der Waals surface area contributed by atoms with Gasteiger partial charge in [0.15, 0.2) is 5.13 Å². The summed E-state index contributed by atoms with van der Waals surface area (Å²) in [5.41, 5.74) is 0.204. The topological polar surface area (TPSA) is 62.7 Å². The summed E-state index contributed by atoms with van der Waals surface area (Å²) < 4.78 is 6.36. The molecule has 3 rings (SSSR count). The van der Waals surface area contributed by atoms with E-state index in [4.69, 9.17) is 16.3 Å². The first-order valence-electron chi connectivity index (χ1n) is 8.49. The van der Waals surface area contributed by atoms with Crippen LogP contribution in [0.3, 0.4) is 0 Å². The molecule has 0 aliphatic carbocycles. The van der Waals surface area contributed by atoms with Crippen molar-refractivity contribution in [2.45, 2.75) is 45.3 Å². The van der Waals surface area contributed by atoms with Gasteiger partial charge in [-0.1, -0.05) is 22.9 Å². The summed E-state index contributed by atoms with van der Waals surface area (Å²) in [4.78, 5) is 33.0. The summed E-state index contributed by atoms with van der Waals surface area (Å²) >= 11 is 7.42. The third-order valence-electron chi connectivity index (χ3n) is 4.12. The first kappa shape index (κ1) is 18.9. The number of hydrogen-bond donors (Lipinski definition) is 0. The van der Waals surface area contributed by atoms with Gasteiger partial charge in [-0.2, -0.15) is 0 Å². The molecule has 1 atom stereocenters. The molecule has 0 bridgehead atoms. The minimum atomic E-state index is -0.592. The minimum Gasteiger partial charge on any atom is -0.444 e. The molecule has 1 fully saturated rings. The fraction of sp³-hybridized carbons (Fsp3) is 0.500. The van der Waals surface area contributed by atoms with E-state index in [0.717, 1.165) is 16.6 Å². The zero-order valence-electron chi connectivity index (χ0n) is 15.3. The zero-order valence-corrected chi connectivity index (χ0v) is 16.9. The summed E-state index contributed by atoms with van der Waals surface area (Å²) in [6.07, 6.45) is 0.954. The molecule has 8 heteroatoms. The van der Waals surface area contributed by atoms with Crippen molar-refractivity contribution in [1.82, 2.24) is 9.88 Å². The smallest absolute Gasteiger partial charge is 0.410 e. The predicted octanol–water partition coefficient (Wildman–Crippen LogP) is 4.31. The Labute approximate surface area is 161 Å². The van der Waals surface area contributed by atoms with Gasteiger partial charge in [-0.15, -0.1) is 0 Å². The van der Waals surface area contributed by atoms with Gasteiger partial charge in [-0.3, -0.25) is 14.6 Å². The van der Waals surface area contributed by atoms with Crippen molar-refractivity contribution in [1.29, 1.82) is 0 Å². The summed E-state index contributed by atoms with van der Waals surface area (Å²) in [7, 11) is 1.69. The molecular formula is C18H22ClN3O3S. The van der Waals surface area contributed by atoms with Crippen molar-refractivity contribution < 1.29 is 14.3 Å². The van der Waals surface area contributed by atoms with E-state index in [9.17, 15) is 9.59 Å². The highest BCUT2D eigenvalue weighted by Crippen LogP contribution is 2.31. The maximum absolute atomic E-state index is 13.0. The van der Waals surface area contributed by atoms with Gasteiger partial charge < -0.3 is 4.74 Å². The van der Waals surface area contributed by atoms with Gasteiger partial charge in [0, 0.05) is 18.6 Å². The van der Waals surface area contributed by atoms with Crippen LogP contribution in [0.25, 0.3) is 10.2 Å². The molecule has 2 heterocycles. The number of rotatable bonds is 2. The fourth-order valence-electron chi connectivity index (χ4n) is 2.91. The van der Waals surface area contributed by atoms with Crippen LogP contribution in [0.2, 0.25) is 5.02 Å². The molecule has 26 heavy (non-hydrogen) atoms. The van der Waals surface area contributed by atoms with Crippen LogP contribution in [0, 0.1) is 0 Å². The number of aromatic nitrogens is 1. The van der Waals surface area contributed by atoms with Crippen molar-refractivity contribution >= 4 is 50.3 Å². The first-order valence-corrected chi connectivity index (χ1v) is 9.68. The van der Waals surface area contributed by atoms with Gasteiger partial charge in [0.2, 0.25) is 0 Å². The summed E-state index contributed by atoms with van der Waals surface area (Å²) in [6.45, 7) is 5.97. The lowest BCUT2D eigenvalue weighted by Gasteiger charge is -2.29. The van der Waals surface area contributed by atoms with E-state index in [0.29, 0.717) is 23.1 Å². The van der Waals surface area contributed by atoms with E-state index in [2.05, 4.69) is 4.98 Å². The molecule has 1 aliphatic heterocycles. The second kappa shape index (κ2) is 7.04. The molecule has 0 radical (unpaired) electrons. The van der Waals surface area contributed by atoms with E-state index in [-0.39, 0.29) is 5.91 Å². The molecule has 1 saturated heterocycles. The Kier molecular flexibility index (Phi) is 5.12. The Balaban J connectivity index is 1.79. The maximum Gasteiger partial charge on any atom is 0.410 e. The van der Waals surface area contributed by atoms with E-state index in [1.807, 2.05) is 32.9 Å². The van der Waals surface area contributed by atoms with Gasteiger partial charge in [-0.05, 0) is 51.8 Å². The van der Waals surface area contributed by atoms with Gasteiger partial charge >= 0.3 is 6.09 Å². The number of thiazole rings is 1. The number of halogens is 1. The number of carbonyl (C=O) groups is 2. The number of likely N-dealkylation sites (tertiary alicyclic amines) is 1. The number of fused-ring (bicyclic) bond motifs is 1. The summed E-state index contributed by atoms with van der Waals surface area (Å²) in [5, 5.41) is 1.22. The van der Waals surface area contributed by atoms with Crippen LogP contribution in [-0.2, 0) is 9.53 Å². The molecule has 0 unspecified atom stereocenters. The average Bonchev–Trinajstić information content (AvgIpc) is 3.18. The van der Waals surface area contributed by atoms with Gasteiger partial charge in [-0.25, -0.2) is 9.78 Å². The van der Waals surface area contributed by atoms with E-state index < -0.39 is 17.7 Å². The lowest BCUT2D eigenvalue weighted by molar-refractivity contribution is -0.122. The minimum absolute atomic E-state index is 0.154. The highest BCUT2D eigenvalue weighted by Gasteiger charge is 2.38. The number of ether oxygens (including phenoxy) is 1. The molecular weight excluding hydrogens is 374 g/mol. The number of carbonyl (C=O) groups excluding carboxylic acids is 2. The molecule has 1 aromatic heterocycles. The highest BCUT2D eigenvalue weighted by atomic mass is 35.5. The molecule has 0 N–H and O–H groups in total. The third kappa shape index (κ3) is 3.94. The Bertz CT molecular complexity index is 846. The van der Waals surface area contributed by atoms with Gasteiger partial charge in [0.05, 0.1) is 10.2 Å². The van der Waals surface area contributed by atoms with Crippen LogP contribution in [0.1, 0.15) is 33.6 Å². The largest absolute Gasteiger partial charge is 0.444 e. The molecule has 6 nitrogen and oxygen atoms in total. The maximum atomic E-state index is 13.0. The van der Waals surface area contributed by atoms with Gasteiger partial charge in [0.25, 0.3) is 5.91 Å². The molecule has 0 spiro atoms. The van der Waals surface area contributed by atoms with Crippen molar-refractivity contribution in [3.63, 3.8) is 0 Å². The second-order valence-corrected chi connectivity index (χ2v) is 8.78. The molecule has 0 saturated carbocycles. The number of likely N-dealkylation sites (N-methyl/N-ethyl adjacent to an activating group) is 1. The lowest BCUT2D eigenvalue weighted by Crippen LogP contribution is -2.48. The molecule has 2 aromatic rings. The quantitative estimate of drug-likeness (QED) is 0.760. The normalized spacial score (nSPS) is 17.6. The number of anilines is 1. The summed E-state index contributed by atoms with van der Waals surface area (Å²) in [5.74, 6) is -0.154. The van der Waals surface area contributed by atoms with Crippen LogP contribution >= 0.6 is 22.9 Å². The number of benzene rings is 1. The Morgan fingerprint density at radius 2 is 2.12 bits per heavy atom. The van der Waals surface area contributed by atoms with E-state index in [1.54, 1.807) is 13.1 Å². The second-order valence-electron chi connectivity index (χ2n) is 7.34. The molecule has 2 amide bonds. The van der Waals surface area contributed by atoms with Crippen LogP contribution in [0.4, 0.5) is 9.93 Å². The molecule has 1 aromatic carbocycles. The Morgan fingerprint density at radius 3 is 2.81 bits per heavy atom. The van der Waals surface area contributed by atoms with Crippen LogP contribution in [-0.4, -0.2) is 47.1 Å². The fourth-order valence-corrected chi connectivity index (χ4v) is 4.12. The number of hydrogen-bond acceptors (Lipinski definition) is 5. The van der Waals surface area contributed by atoms with Crippen molar-refractivity contribution in [3.05, 3.63) is 23.2 Å². The third-order valence-corrected chi connectivity index (χ3v) is 5.45. The van der Waals surface area contributed by atoms with Crippen molar-refractivity contribution in [3.8, 4) is 0 Å². The lowest BCUT2D eigenvalue weighted by atomic mass is 10.2. The standard InChI is InChI=1S/C18H22ClN3O3S/c1-18(2,3)25-17(24)22-9-5-6-13(22)15(23)21(4)16-20-12-8-7-11(19)10-14(12)26-16/h7-8,10,13H,5-6,9H2,1-4H3/t13-/m0/s1. The number of amides is 2. The molecule has 140 valence electrons. The Morgan fingerprint density at radius 1 is 1.38 bits per heavy atom. The van der Waals surface area contributed by atoms with Crippen molar-refractivity contribution in [2.24, 2.45) is 0 Å².